The zero-order valence-electron chi connectivity index (χ0n) is 17.4. The van der Waals surface area contributed by atoms with Gasteiger partial charge in [-0.1, -0.05) is 61.0 Å². The zero-order chi connectivity index (χ0) is 21.9. The van der Waals surface area contributed by atoms with Gasteiger partial charge in [-0.25, -0.2) is 4.79 Å². The maximum absolute atomic E-state index is 13.3. The van der Waals surface area contributed by atoms with Gasteiger partial charge in [0.2, 0.25) is 5.91 Å². The molecule has 1 saturated heterocycles. The van der Waals surface area contributed by atoms with Crippen molar-refractivity contribution in [3.8, 4) is 0 Å². The third-order valence-electron chi connectivity index (χ3n) is 5.48. The third kappa shape index (κ3) is 4.19. The van der Waals surface area contributed by atoms with Gasteiger partial charge < -0.3 is 10.2 Å². The fourth-order valence-corrected chi connectivity index (χ4v) is 3.83. The van der Waals surface area contributed by atoms with E-state index in [1.807, 2.05) is 51.1 Å². The van der Waals surface area contributed by atoms with Crippen molar-refractivity contribution in [2.75, 3.05) is 6.54 Å². The number of carbonyl (C=O) groups is 3. The van der Waals surface area contributed by atoms with Crippen molar-refractivity contribution >= 4 is 29.4 Å². The first kappa shape index (κ1) is 21.8. The van der Waals surface area contributed by atoms with Gasteiger partial charge in [-0.2, -0.15) is 0 Å². The number of imide groups is 1. The van der Waals surface area contributed by atoms with Crippen molar-refractivity contribution in [3.05, 3.63) is 70.7 Å². The summed E-state index contributed by atoms with van der Waals surface area (Å²) in [4.78, 5) is 41.7. The van der Waals surface area contributed by atoms with Crippen LogP contribution in [0.2, 0.25) is 5.02 Å². The molecule has 0 aliphatic carbocycles. The highest BCUT2D eigenvalue weighted by atomic mass is 35.5. The lowest BCUT2D eigenvalue weighted by atomic mass is 9.87. The Labute approximate surface area is 181 Å². The summed E-state index contributed by atoms with van der Waals surface area (Å²) in [5.74, 6) is -0.700. The fraction of sp³-hybridized carbons (Fsp3) is 0.348. The van der Waals surface area contributed by atoms with Gasteiger partial charge in [0.15, 0.2) is 0 Å². The normalized spacial score (nSPS) is 18.6. The first-order valence-electron chi connectivity index (χ1n) is 10.0. The minimum absolute atomic E-state index is 0.0781. The van der Waals surface area contributed by atoms with Gasteiger partial charge in [-0.3, -0.25) is 14.5 Å². The van der Waals surface area contributed by atoms with E-state index in [0.29, 0.717) is 23.6 Å². The van der Waals surface area contributed by atoms with Crippen LogP contribution in [-0.2, 0) is 21.7 Å². The van der Waals surface area contributed by atoms with Gasteiger partial charge in [-0.05, 0) is 43.5 Å². The van der Waals surface area contributed by atoms with Crippen LogP contribution >= 0.6 is 11.6 Å². The monoisotopic (exact) mass is 427 g/mol. The van der Waals surface area contributed by atoms with Crippen molar-refractivity contribution < 1.29 is 14.4 Å². The van der Waals surface area contributed by atoms with Crippen LogP contribution in [-0.4, -0.2) is 40.2 Å². The molecule has 0 aromatic heterocycles. The van der Waals surface area contributed by atoms with Crippen LogP contribution in [0.5, 0.6) is 0 Å². The highest BCUT2D eigenvalue weighted by Crippen LogP contribution is 2.33. The lowest BCUT2D eigenvalue weighted by Gasteiger charge is -2.29. The highest BCUT2D eigenvalue weighted by Gasteiger charge is 2.51. The average molecular weight is 428 g/mol. The number of rotatable bonds is 7. The predicted octanol–water partition coefficient (Wildman–Crippen LogP) is 3.93. The van der Waals surface area contributed by atoms with Crippen LogP contribution in [0.25, 0.3) is 0 Å². The molecule has 0 radical (unpaired) electrons. The number of nitrogens with zero attached hydrogens (tertiary/aromatic N) is 2. The first-order chi connectivity index (χ1) is 14.3. The molecule has 1 atom stereocenters. The molecule has 1 aliphatic rings. The van der Waals surface area contributed by atoms with Crippen molar-refractivity contribution in [1.29, 1.82) is 0 Å². The van der Waals surface area contributed by atoms with E-state index in [1.54, 1.807) is 29.2 Å². The lowest BCUT2D eigenvalue weighted by Crippen LogP contribution is -2.46. The van der Waals surface area contributed by atoms with E-state index in [9.17, 15) is 14.4 Å². The van der Waals surface area contributed by atoms with Crippen LogP contribution in [0, 0.1) is 0 Å². The zero-order valence-corrected chi connectivity index (χ0v) is 18.1. The van der Waals surface area contributed by atoms with Gasteiger partial charge in [0.1, 0.15) is 12.1 Å². The Hall–Kier alpha value is -2.86. The van der Waals surface area contributed by atoms with Crippen LogP contribution < -0.4 is 5.32 Å². The molecular weight excluding hydrogens is 402 g/mol. The van der Waals surface area contributed by atoms with E-state index in [-0.39, 0.29) is 18.5 Å². The summed E-state index contributed by atoms with van der Waals surface area (Å²) >= 11 is 5.97. The van der Waals surface area contributed by atoms with Crippen LogP contribution in [0.1, 0.15) is 38.3 Å². The van der Waals surface area contributed by atoms with E-state index in [4.69, 9.17) is 11.6 Å². The topological polar surface area (TPSA) is 69.7 Å². The molecule has 1 N–H and O–H groups in total. The molecule has 3 rings (SSSR count). The van der Waals surface area contributed by atoms with Gasteiger partial charge in [-0.15, -0.1) is 0 Å². The van der Waals surface area contributed by atoms with E-state index < -0.39 is 17.5 Å². The number of benzene rings is 2. The summed E-state index contributed by atoms with van der Waals surface area (Å²) in [5, 5.41) is 3.34. The lowest BCUT2D eigenvalue weighted by molar-refractivity contribution is -0.140. The molecule has 4 amide bonds. The Morgan fingerprint density at radius 3 is 2.30 bits per heavy atom. The number of carbonyl (C=O) groups excluding carboxylic acids is 3. The van der Waals surface area contributed by atoms with Gasteiger partial charge >= 0.3 is 6.03 Å². The van der Waals surface area contributed by atoms with Crippen molar-refractivity contribution in [3.63, 3.8) is 0 Å². The average Bonchev–Trinajstić information content (AvgIpc) is 2.98. The van der Waals surface area contributed by atoms with Crippen LogP contribution in [0.3, 0.4) is 0 Å². The molecule has 0 saturated carbocycles. The maximum Gasteiger partial charge on any atom is 0.325 e. The first-order valence-corrected chi connectivity index (χ1v) is 10.4. The standard InChI is InChI=1S/C23H26ClN3O3/c1-4-23(18-10-12-19(24)13-11-18)21(29)27(22(30)25-23)15-20(28)26(16(2)3)14-17-8-6-5-7-9-17/h5-13,16H,4,14-15H2,1-3H3,(H,25,30)/t23-/m0/s1. The van der Waals surface area contributed by atoms with E-state index in [0.717, 1.165) is 10.5 Å². The van der Waals surface area contributed by atoms with Crippen molar-refractivity contribution in [2.45, 2.75) is 45.3 Å². The SMILES string of the molecule is CC[C@@]1(c2ccc(Cl)cc2)NC(=O)N(CC(=O)N(Cc2ccccc2)C(C)C)C1=O. The Morgan fingerprint density at radius 1 is 1.10 bits per heavy atom. The summed E-state index contributed by atoms with van der Waals surface area (Å²) in [6.45, 7) is 5.77. The van der Waals surface area contributed by atoms with E-state index in [2.05, 4.69) is 5.32 Å². The van der Waals surface area contributed by atoms with Crippen molar-refractivity contribution in [2.24, 2.45) is 0 Å². The quantitative estimate of drug-likeness (QED) is 0.680. The molecule has 0 unspecified atom stereocenters. The number of amides is 4. The Bertz CT molecular complexity index is 930. The van der Waals surface area contributed by atoms with Crippen LogP contribution in [0.4, 0.5) is 4.79 Å². The summed E-state index contributed by atoms with van der Waals surface area (Å²) in [6, 6.07) is 15.8. The summed E-state index contributed by atoms with van der Waals surface area (Å²) in [5.41, 5.74) is 0.442. The molecule has 2 aromatic rings. The van der Waals surface area contributed by atoms with Gasteiger partial charge in [0.05, 0.1) is 0 Å². The molecule has 1 heterocycles. The number of hydrogen-bond acceptors (Lipinski definition) is 3. The molecule has 158 valence electrons. The third-order valence-corrected chi connectivity index (χ3v) is 5.73. The van der Waals surface area contributed by atoms with E-state index >= 15 is 0 Å². The molecular formula is C23H26ClN3O3. The van der Waals surface area contributed by atoms with Gasteiger partial charge in [0.25, 0.3) is 5.91 Å². The molecule has 0 spiro atoms. The number of nitrogens with one attached hydrogen (secondary N) is 1. The summed E-state index contributed by atoms with van der Waals surface area (Å²) in [7, 11) is 0. The fourth-order valence-electron chi connectivity index (χ4n) is 3.71. The number of urea groups is 1. The summed E-state index contributed by atoms with van der Waals surface area (Å²) < 4.78 is 0. The highest BCUT2D eigenvalue weighted by molar-refractivity contribution is 6.30. The Morgan fingerprint density at radius 2 is 1.73 bits per heavy atom. The second kappa shape index (κ2) is 8.88. The molecule has 2 aromatic carbocycles. The molecule has 7 heteroatoms. The number of halogens is 1. The second-order valence-corrected chi connectivity index (χ2v) is 8.12. The molecule has 6 nitrogen and oxygen atoms in total. The smallest absolute Gasteiger partial charge is 0.325 e. The van der Waals surface area contributed by atoms with Gasteiger partial charge in [0, 0.05) is 17.6 Å². The van der Waals surface area contributed by atoms with Crippen molar-refractivity contribution in [1.82, 2.24) is 15.1 Å². The minimum Gasteiger partial charge on any atom is -0.334 e. The Balaban J connectivity index is 1.81. The molecule has 0 bridgehead atoms. The number of hydrogen-bond donors (Lipinski definition) is 1. The second-order valence-electron chi connectivity index (χ2n) is 7.69. The predicted molar refractivity (Wildman–Crippen MR) is 116 cm³/mol. The molecule has 1 aliphatic heterocycles. The maximum atomic E-state index is 13.3. The van der Waals surface area contributed by atoms with E-state index in [1.165, 1.54) is 0 Å². The molecule has 1 fully saturated rings. The Kier molecular flexibility index (Phi) is 6.46. The summed E-state index contributed by atoms with van der Waals surface area (Å²) in [6.07, 6.45) is 0.363. The minimum atomic E-state index is -1.19. The molecule has 30 heavy (non-hydrogen) atoms. The largest absolute Gasteiger partial charge is 0.334 e. The van der Waals surface area contributed by atoms with Crippen LogP contribution in [0.15, 0.2) is 54.6 Å².